The number of nitrogens with zero attached hydrogens (tertiary/aromatic N) is 2. The molecule has 0 radical (unpaired) electrons. The van der Waals surface area contributed by atoms with Crippen molar-refractivity contribution in [2.45, 2.75) is 19.4 Å². The molecule has 0 saturated heterocycles. The molecule has 2 aromatic heterocycles. The van der Waals surface area contributed by atoms with Crippen molar-refractivity contribution < 1.29 is 4.42 Å². The van der Waals surface area contributed by atoms with E-state index in [4.69, 9.17) is 9.40 Å². The van der Waals surface area contributed by atoms with Gasteiger partial charge < -0.3 is 9.73 Å². The second-order valence-electron chi connectivity index (χ2n) is 4.73. The number of hydrogen-bond donors (Lipinski definition) is 1. The lowest BCUT2D eigenvalue weighted by Gasteiger charge is -2.16. The molecule has 0 spiro atoms. The molecule has 0 aliphatic carbocycles. The Morgan fingerprint density at radius 3 is 2.80 bits per heavy atom. The van der Waals surface area contributed by atoms with E-state index in [1.165, 1.54) is 0 Å². The van der Waals surface area contributed by atoms with Crippen molar-refractivity contribution in [3.05, 3.63) is 60.3 Å². The van der Waals surface area contributed by atoms with Crippen LogP contribution in [0.15, 0.2) is 53.5 Å². The van der Waals surface area contributed by atoms with Gasteiger partial charge >= 0.3 is 0 Å². The summed E-state index contributed by atoms with van der Waals surface area (Å²) < 4.78 is 5.20. The van der Waals surface area contributed by atoms with Gasteiger partial charge in [0, 0.05) is 5.56 Å². The normalized spacial score (nSPS) is 12.7. The number of furan rings is 1. The SMILES string of the molecule is CCCNC(c1ccoc1)c1cnc2ccccc2n1. The first-order chi connectivity index (χ1) is 9.88. The van der Waals surface area contributed by atoms with Gasteiger partial charge in [0.05, 0.1) is 41.5 Å². The molecule has 3 rings (SSSR count). The van der Waals surface area contributed by atoms with Crippen LogP contribution in [0.25, 0.3) is 11.0 Å². The predicted molar refractivity (Wildman–Crippen MR) is 78.4 cm³/mol. The fourth-order valence-corrected chi connectivity index (χ4v) is 2.23. The maximum Gasteiger partial charge on any atom is 0.0954 e. The Morgan fingerprint density at radius 2 is 2.05 bits per heavy atom. The highest BCUT2D eigenvalue weighted by atomic mass is 16.3. The molecule has 1 N–H and O–H groups in total. The van der Waals surface area contributed by atoms with Gasteiger partial charge in [-0.1, -0.05) is 19.1 Å². The van der Waals surface area contributed by atoms with E-state index in [2.05, 4.69) is 17.2 Å². The number of fused-ring (bicyclic) bond motifs is 1. The van der Waals surface area contributed by atoms with Crippen molar-refractivity contribution in [1.29, 1.82) is 0 Å². The molecule has 3 aromatic rings. The highest BCUT2D eigenvalue weighted by Crippen LogP contribution is 2.22. The lowest BCUT2D eigenvalue weighted by molar-refractivity contribution is 0.544. The van der Waals surface area contributed by atoms with Crippen LogP contribution in [0.1, 0.15) is 30.6 Å². The summed E-state index contributed by atoms with van der Waals surface area (Å²) in [5.74, 6) is 0. The molecule has 20 heavy (non-hydrogen) atoms. The number of benzene rings is 1. The molecule has 0 aliphatic heterocycles. The van der Waals surface area contributed by atoms with Crippen molar-refractivity contribution in [3.8, 4) is 0 Å². The van der Waals surface area contributed by atoms with E-state index in [-0.39, 0.29) is 6.04 Å². The molecule has 0 fully saturated rings. The van der Waals surface area contributed by atoms with Gasteiger partial charge in [-0.25, -0.2) is 4.98 Å². The molecule has 4 heteroatoms. The fourth-order valence-electron chi connectivity index (χ4n) is 2.23. The van der Waals surface area contributed by atoms with Crippen molar-refractivity contribution in [3.63, 3.8) is 0 Å². The monoisotopic (exact) mass is 267 g/mol. The summed E-state index contributed by atoms with van der Waals surface area (Å²) in [6.45, 7) is 3.07. The standard InChI is InChI=1S/C16H17N3O/c1-2-8-17-16(12-7-9-20-11-12)15-10-18-13-5-3-4-6-14(13)19-15/h3-7,9-11,16-17H,2,8H2,1H3. The molecule has 1 aromatic carbocycles. The van der Waals surface area contributed by atoms with Crippen molar-refractivity contribution in [2.24, 2.45) is 0 Å². The molecule has 1 unspecified atom stereocenters. The van der Waals surface area contributed by atoms with Gasteiger partial charge in [-0.05, 0) is 31.2 Å². The number of rotatable bonds is 5. The van der Waals surface area contributed by atoms with Crippen molar-refractivity contribution in [1.82, 2.24) is 15.3 Å². The van der Waals surface area contributed by atoms with E-state index in [0.29, 0.717) is 0 Å². The molecule has 1 atom stereocenters. The quantitative estimate of drug-likeness (QED) is 0.770. The number of nitrogens with one attached hydrogen (secondary N) is 1. The Hall–Kier alpha value is -2.20. The zero-order chi connectivity index (χ0) is 13.8. The van der Waals surface area contributed by atoms with Crippen molar-refractivity contribution in [2.75, 3.05) is 6.54 Å². The van der Waals surface area contributed by atoms with Gasteiger partial charge in [0.1, 0.15) is 0 Å². The van der Waals surface area contributed by atoms with Crippen LogP contribution in [-0.2, 0) is 0 Å². The molecular formula is C16H17N3O. The van der Waals surface area contributed by atoms with Crippen LogP contribution in [0, 0.1) is 0 Å². The Labute approximate surface area is 117 Å². The van der Waals surface area contributed by atoms with Gasteiger partial charge in [0.25, 0.3) is 0 Å². The third-order valence-corrected chi connectivity index (χ3v) is 3.24. The summed E-state index contributed by atoms with van der Waals surface area (Å²) in [4.78, 5) is 9.20. The molecule has 102 valence electrons. The van der Waals surface area contributed by atoms with Crippen LogP contribution < -0.4 is 5.32 Å². The van der Waals surface area contributed by atoms with E-state index in [1.54, 1.807) is 12.5 Å². The van der Waals surface area contributed by atoms with Gasteiger partial charge in [-0.15, -0.1) is 0 Å². The second kappa shape index (κ2) is 5.84. The Morgan fingerprint density at radius 1 is 1.20 bits per heavy atom. The van der Waals surface area contributed by atoms with Gasteiger partial charge in [-0.3, -0.25) is 4.98 Å². The number of para-hydroxylation sites is 2. The van der Waals surface area contributed by atoms with Crippen LogP contribution in [0.4, 0.5) is 0 Å². The summed E-state index contributed by atoms with van der Waals surface area (Å²) in [6.07, 6.45) is 6.34. The second-order valence-corrected chi connectivity index (χ2v) is 4.73. The summed E-state index contributed by atoms with van der Waals surface area (Å²) in [5.41, 5.74) is 3.82. The molecule has 0 aliphatic rings. The summed E-state index contributed by atoms with van der Waals surface area (Å²) in [7, 11) is 0. The average Bonchev–Trinajstić information content (AvgIpc) is 3.02. The molecule has 0 amide bonds. The largest absolute Gasteiger partial charge is 0.472 e. The van der Waals surface area contributed by atoms with E-state index in [9.17, 15) is 0 Å². The molecule has 0 bridgehead atoms. The van der Waals surface area contributed by atoms with E-state index in [1.807, 2.05) is 36.5 Å². The summed E-state index contributed by atoms with van der Waals surface area (Å²) in [5, 5.41) is 3.49. The summed E-state index contributed by atoms with van der Waals surface area (Å²) in [6, 6.07) is 9.89. The van der Waals surface area contributed by atoms with Gasteiger partial charge in [-0.2, -0.15) is 0 Å². The highest BCUT2D eigenvalue weighted by molar-refractivity contribution is 5.73. The molecule has 4 nitrogen and oxygen atoms in total. The zero-order valence-corrected chi connectivity index (χ0v) is 11.4. The van der Waals surface area contributed by atoms with Crippen LogP contribution in [0.3, 0.4) is 0 Å². The Kier molecular flexibility index (Phi) is 3.74. The van der Waals surface area contributed by atoms with Gasteiger partial charge in [0.2, 0.25) is 0 Å². The topological polar surface area (TPSA) is 51.0 Å². The number of hydrogen-bond acceptors (Lipinski definition) is 4. The molecule has 0 saturated carbocycles. The average molecular weight is 267 g/mol. The zero-order valence-electron chi connectivity index (χ0n) is 11.4. The number of aromatic nitrogens is 2. The third-order valence-electron chi connectivity index (χ3n) is 3.24. The third kappa shape index (κ3) is 2.56. The smallest absolute Gasteiger partial charge is 0.0954 e. The first-order valence-electron chi connectivity index (χ1n) is 6.85. The maximum absolute atomic E-state index is 5.20. The highest BCUT2D eigenvalue weighted by Gasteiger charge is 2.16. The van der Waals surface area contributed by atoms with Crippen molar-refractivity contribution >= 4 is 11.0 Å². The van der Waals surface area contributed by atoms with E-state index < -0.39 is 0 Å². The minimum Gasteiger partial charge on any atom is -0.472 e. The lowest BCUT2D eigenvalue weighted by Crippen LogP contribution is -2.23. The van der Waals surface area contributed by atoms with E-state index in [0.717, 1.165) is 35.3 Å². The van der Waals surface area contributed by atoms with Crippen LogP contribution in [0.2, 0.25) is 0 Å². The summed E-state index contributed by atoms with van der Waals surface area (Å²) >= 11 is 0. The van der Waals surface area contributed by atoms with Crippen LogP contribution >= 0.6 is 0 Å². The van der Waals surface area contributed by atoms with Crippen LogP contribution in [-0.4, -0.2) is 16.5 Å². The first-order valence-corrected chi connectivity index (χ1v) is 6.85. The Bertz CT molecular complexity index is 679. The maximum atomic E-state index is 5.20. The minimum absolute atomic E-state index is 0.0193. The first kappa shape index (κ1) is 12.8. The lowest BCUT2D eigenvalue weighted by atomic mass is 10.1. The van der Waals surface area contributed by atoms with Crippen LogP contribution in [0.5, 0.6) is 0 Å². The molecule has 2 heterocycles. The Balaban J connectivity index is 1.99. The molecular weight excluding hydrogens is 250 g/mol. The van der Waals surface area contributed by atoms with E-state index >= 15 is 0 Å². The predicted octanol–water partition coefficient (Wildman–Crippen LogP) is 3.31. The fraction of sp³-hybridized carbons (Fsp3) is 0.250. The minimum atomic E-state index is 0.0193. The van der Waals surface area contributed by atoms with Gasteiger partial charge in [0.15, 0.2) is 0 Å².